The van der Waals surface area contributed by atoms with Crippen LogP contribution >= 0.6 is 34.8 Å². The third-order valence-electron chi connectivity index (χ3n) is 2.40. The maximum absolute atomic E-state index is 10.2. The molecule has 0 saturated heterocycles. The van der Waals surface area contributed by atoms with Crippen molar-refractivity contribution in [2.75, 3.05) is 6.61 Å². The molecule has 1 nitrogen and oxygen atoms in total. The van der Waals surface area contributed by atoms with Crippen LogP contribution in [0, 0.1) is 0 Å². The summed E-state index contributed by atoms with van der Waals surface area (Å²) in [5.74, 6) is 0. The van der Waals surface area contributed by atoms with Gasteiger partial charge in [0, 0.05) is 0 Å². The lowest BCUT2D eigenvalue weighted by Gasteiger charge is -2.05. The first kappa shape index (κ1) is 14.1. The summed E-state index contributed by atoms with van der Waals surface area (Å²) in [6, 6.07) is 3.70. The molecule has 1 aromatic rings. The van der Waals surface area contributed by atoms with Crippen LogP contribution in [0.2, 0.25) is 15.1 Å². The van der Waals surface area contributed by atoms with Crippen LogP contribution in [-0.2, 0) is 11.5 Å². The van der Waals surface area contributed by atoms with Gasteiger partial charge in [0.25, 0.3) is 0 Å². The molecule has 0 heterocycles. The van der Waals surface area contributed by atoms with E-state index in [4.69, 9.17) is 34.8 Å². The van der Waals surface area contributed by atoms with E-state index >= 15 is 0 Å². The molecule has 16 heavy (non-hydrogen) atoms. The molecule has 89 valence electrons. The van der Waals surface area contributed by atoms with Crippen LogP contribution in [0.1, 0.15) is 31.2 Å². The number of benzene rings is 1. The van der Waals surface area contributed by atoms with Crippen molar-refractivity contribution in [3.63, 3.8) is 0 Å². The Morgan fingerprint density at radius 1 is 0.875 bits per heavy atom. The van der Waals surface area contributed by atoms with Gasteiger partial charge in [-0.2, -0.15) is 0 Å². The van der Waals surface area contributed by atoms with E-state index < -0.39 is 0 Å². The van der Waals surface area contributed by atoms with Crippen molar-refractivity contribution < 1.29 is 5.11 Å². The lowest BCUT2D eigenvalue weighted by molar-refractivity contribution is 0.186. The predicted molar refractivity (Wildman–Crippen MR) is 69.2 cm³/mol. The first-order valence-electron chi connectivity index (χ1n) is 5.36. The molecule has 1 aromatic carbocycles. The summed E-state index contributed by atoms with van der Waals surface area (Å²) < 4.78 is 0. The lowest BCUT2D eigenvalue weighted by atomic mass is 10.1. The minimum Gasteiger partial charge on any atom is -0.237 e. The molecule has 0 aliphatic carbocycles. The van der Waals surface area contributed by atoms with Crippen LogP contribution in [0.3, 0.4) is 0 Å². The van der Waals surface area contributed by atoms with E-state index in [0.717, 1.165) is 37.7 Å². The Bertz CT molecular complexity index is 316. The third kappa shape index (κ3) is 4.50. The van der Waals surface area contributed by atoms with Crippen LogP contribution in [0.5, 0.6) is 0 Å². The number of unbranched alkanes of at least 4 members (excludes halogenated alkanes) is 3. The number of halogens is 3. The van der Waals surface area contributed by atoms with Gasteiger partial charge < -0.3 is 0 Å². The molecule has 0 unspecified atom stereocenters. The summed E-state index contributed by atoms with van der Waals surface area (Å²) in [6.45, 7) is 0.0264. The molecule has 0 aliphatic rings. The van der Waals surface area contributed by atoms with Gasteiger partial charge in [-0.15, -0.1) is 0 Å². The molecule has 0 atom stereocenters. The highest BCUT2D eigenvalue weighted by molar-refractivity contribution is 6.48. The Morgan fingerprint density at radius 3 is 2.00 bits per heavy atom. The van der Waals surface area contributed by atoms with Gasteiger partial charge in [0.15, 0.2) is 0 Å². The quantitative estimate of drug-likeness (QED) is 0.505. The molecule has 1 radical (unpaired) electrons. The Morgan fingerprint density at radius 2 is 1.44 bits per heavy atom. The summed E-state index contributed by atoms with van der Waals surface area (Å²) in [5.41, 5.74) is 1.10. The molecule has 0 N–H and O–H groups in total. The second-order valence-electron chi connectivity index (χ2n) is 3.74. The first-order chi connectivity index (χ1) is 7.65. The summed E-state index contributed by atoms with van der Waals surface area (Å²) in [5, 5.41) is 11.7. The summed E-state index contributed by atoms with van der Waals surface area (Å²) in [7, 11) is 0. The van der Waals surface area contributed by atoms with Crippen LogP contribution in [0.15, 0.2) is 12.1 Å². The number of hydrogen-bond acceptors (Lipinski definition) is 0. The van der Waals surface area contributed by atoms with Crippen molar-refractivity contribution in [1.82, 2.24) is 0 Å². The predicted octanol–water partition coefficient (Wildman–Crippen LogP) is 5.18. The molecule has 0 fully saturated rings. The van der Waals surface area contributed by atoms with Crippen molar-refractivity contribution in [2.45, 2.75) is 32.1 Å². The van der Waals surface area contributed by atoms with Crippen LogP contribution in [-0.4, -0.2) is 6.61 Å². The summed E-state index contributed by atoms with van der Waals surface area (Å²) >= 11 is 17.7. The minimum atomic E-state index is 0.0264. The average Bonchev–Trinajstić information content (AvgIpc) is 2.25. The molecular weight excluding hydrogens is 266 g/mol. The molecule has 1 rings (SSSR count). The van der Waals surface area contributed by atoms with Gasteiger partial charge in [0.2, 0.25) is 0 Å². The zero-order valence-corrected chi connectivity index (χ0v) is 11.2. The highest BCUT2D eigenvalue weighted by atomic mass is 35.5. The van der Waals surface area contributed by atoms with Crippen molar-refractivity contribution in [2.24, 2.45) is 0 Å². The fourth-order valence-electron chi connectivity index (χ4n) is 1.54. The van der Waals surface area contributed by atoms with E-state index in [9.17, 15) is 5.11 Å². The number of hydrogen-bond donors (Lipinski definition) is 0. The normalized spacial score (nSPS) is 10.8. The standard InChI is InChI=1S/C12H14Cl3O/c13-10-7-9(8-11(14)12(10)15)5-3-1-2-4-6-16/h7-8H,1-6H2. The third-order valence-corrected chi connectivity index (χ3v) is 3.60. The smallest absolute Gasteiger partial charge is 0.0822 e. The second kappa shape index (κ2) is 7.39. The Labute approximate surface area is 111 Å². The fourth-order valence-corrected chi connectivity index (χ4v) is 2.18. The van der Waals surface area contributed by atoms with E-state index in [1.54, 1.807) is 0 Å². The van der Waals surface area contributed by atoms with Crippen molar-refractivity contribution in [3.8, 4) is 0 Å². The van der Waals surface area contributed by atoms with E-state index in [-0.39, 0.29) is 6.61 Å². The van der Waals surface area contributed by atoms with Gasteiger partial charge in [0.1, 0.15) is 0 Å². The van der Waals surface area contributed by atoms with Gasteiger partial charge in [-0.05, 0) is 37.0 Å². The number of rotatable bonds is 6. The van der Waals surface area contributed by atoms with Crippen LogP contribution in [0.25, 0.3) is 0 Å². The second-order valence-corrected chi connectivity index (χ2v) is 4.93. The molecule has 0 bridgehead atoms. The van der Waals surface area contributed by atoms with E-state index in [2.05, 4.69) is 0 Å². The van der Waals surface area contributed by atoms with Crippen molar-refractivity contribution in [1.29, 1.82) is 0 Å². The summed E-state index contributed by atoms with van der Waals surface area (Å²) in [6.07, 6.45) is 4.81. The van der Waals surface area contributed by atoms with Gasteiger partial charge in [-0.3, -0.25) is 0 Å². The van der Waals surface area contributed by atoms with E-state index in [0.29, 0.717) is 15.1 Å². The highest BCUT2D eigenvalue weighted by Gasteiger charge is 2.05. The molecule has 0 saturated carbocycles. The van der Waals surface area contributed by atoms with Gasteiger partial charge in [-0.1, -0.05) is 47.6 Å². The molecule has 0 aliphatic heterocycles. The lowest BCUT2D eigenvalue weighted by Crippen LogP contribution is -1.88. The van der Waals surface area contributed by atoms with Crippen molar-refractivity contribution in [3.05, 3.63) is 32.8 Å². The highest BCUT2D eigenvalue weighted by Crippen LogP contribution is 2.31. The maximum atomic E-state index is 10.2. The summed E-state index contributed by atoms with van der Waals surface area (Å²) in [4.78, 5) is 0. The largest absolute Gasteiger partial charge is 0.237 e. The minimum absolute atomic E-state index is 0.0264. The Kier molecular flexibility index (Phi) is 6.52. The van der Waals surface area contributed by atoms with Gasteiger partial charge in [0.05, 0.1) is 21.7 Å². The van der Waals surface area contributed by atoms with Crippen molar-refractivity contribution >= 4 is 34.8 Å². The van der Waals surface area contributed by atoms with Gasteiger partial charge in [-0.25, -0.2) is 5.11 Å². The number of aryl methyl sites for hydroxylation is 1. The molecule has 0 amide bonds. The molecule has 4 heteroatoms. The molecule has 0 spiro atoms. The molecular formula is C12H14Cl3O. The Balaban J connectivity index is 2.43. The topological polar surface area (TPSA) is 19.9 Å². The van der Waals surface area contributed by atoms with Crippen LogP contribution in [0.4, 0.5) is 0 Å². The van der Waals surface area contributed by atoms with Gasteiger partial charge >= 0.3 is 0 Å². The monoisotopic (exact) mass is 279 g/mol. The average molecular weight is 281 g/mol. The maximum Gasteiger partial charge on any atom is 0.0822 e. The van der Waals surface area contributed by atoms with E-state index in [1.165, 1.54) is 0 Å². The first-order valence-corrected chi connectivity index (χ1v) is 6.50. The van der Waals surface area contributed by atoms with Crippen LogP contribution < -0.4 is 0 Å². The van der Waals surface area contributed by atoms with E-state index in [1.807, 2.05) is 12.1 Å². The zero-order chi connectivity index (χ0) is 12.0. The zero-order valence-electron chi connectivity index (χ0n) is 8.94. The Hall–Kier alpha value is 0.0500. The SMILES string of the molecule is [O]CCCCCCc1cc(Cl)c(Cl)c(Cl)c1. The molecule has 0 aromatic heterocycles. The fraction of sp³-hybridized carbons (Fsp3) is 0.500.